The molecule has 2 heteroatoms. The van der Waals surface area contributed by atoms with Crippen molar-refractivity contribution >= 4 is 23.2 Å². The Balaban J connectivity index is 0.000000139. The fourth-order valence-corrected chi connectivity index (χ4v) is 2.35. The van der Waals surface area contributed by atoms with Gasteiger partial charge in [-0.1, -0.05) is 29.1 Å². The van der Waals surface area contributed by atoms with Crippen molar-refractivity contribution in [2.24, 2.45) is 11.8 Å². The first-order chi connectivity index (χ1) is 7.19. The van der Waals surface area contributed by atoms with Crippen LogP contribution >= 0.6 is 23.2 Å². The van der Waals surface area contributed by atoms with Crippen LogP contribution in [0.5, 0.6) is 0 Å². The van der Waals surface area contributed by atoms with Crippen LogP contribution in [0, 0.1) is 24.2 Å². The van der Waals surface area contributed by atoms with Gasteiger partial charge in [-0.25, -0.2) is 0 Å². The smallest absolute Gasteiger partial charge is 0.0433 e. The summed E-state index contributed by atoms with van der Waals surface area (Å²) >= 11 is 11.3. The van der Waals surface area contributed by atoms with E-state index in [1.165, 1.54) is 11.8 Å². The normalized spacial score (nSPS) is 25.1. The molecular weight excluding hydrogens is 227 g/mol. The zero-order valence-corrected chi connectivity index (χ0v) is 9.85. The quantitative estimate of drug-likeness (QED) is 0.589. The molecule has 0 radical (unpaired) electrons. The summed E-state index contributed by atoms with van der Waals surface area (Å²) in [6, 6.07) is 5.02. The van der Waals surface area contributed by atoms with E-state index in [4.69, 9.17) is 29.6 Å². The average Bonchev–Trinajstić information content (AvgIpc) is 2.72. The van der Waals surface area contributed by atoms with Crippen LogP contribution < -0.4 is 0 Å². The molecule has 3 rings (SSSR count). The van der Waals surface area contributed by atoms with Crippen LogP contribution in [0.25, 0.3) is 0 Å². The molecule has 0 saturated heterocycles. The maximum atomic E-state index is 5.65. The molecule has 0 spiro atoms. The van der Waals surface area contributed by atoms with Gasteiger partial charge in [0.1, 0.15) is 0 Å². The molecular formula is C13H12Cl2. The fourth-order valence-electron chi connectivity index (χ4n) is 1.82. The maximum absolute atomic E-state index is 5.65. The second kappa shape index (κ2) is 4.47. The van der Waals surface area contributed by atoms with E-state index >= 15 is 0 Å². The number of fused-ring (bicyclic) bond motifs is 1. The number of benzene rings is 1. The maximum Gasteiger partial charge on any atom is 0.0433 e. The Morgan fingerprint density at radius 1 is 1.07 bits per heavy atom. The topological polar surface area (TPSA) is 0 Å². The summed E-state index contributed by atoms with van der Waals surface area (Å²) in [5.74, 6) is 4.90. The van der Waals surface area contributed by atoms with Crippen LogP contribution in [0.3, 0.4) is 0 Å². The van der Waals surface area contributed by atoms with Crippen molar-refractivity contribution in [3.8, 4) is 12.3 Å². The van der Waals surface area contributed by atoms with E-state index in [0.717, 1.165) is 0 Å². The zero-order chi connectivity index (χ0) is 10.8. The molecule has 0 aromatic heterocycles. The standard InChI is InChI=1S/C8H4Cl2.C5H8/c1-2-6-3-7(9)5-8(10)4-6;1-2-5-3-4(1)5/h1,3-5H;4-5H,1-3H2. The molecule has 0 amide bonds. The lowest BCUT2D eigenvalue weighted by atomic mass is 10.0. The molecule has 0 aliphatic heterocycles. The van der Waals surface area contributed by atoms with Crippen molar-refractivity contribution in [1.29, 1.82) is 0 Å². The Kier molecular flexibility index (Phi) is 3.24. The van der Waals surface area contributed by atoms with Gasteiger partial charge in [-0.05, 0) is 49.3 Å². The molecule has 2 aliphatic rings. The van der Waals surface area contributed by atoms with E-state index in [2.05, 4.69) is 5.92 Å². The van der Waals surface area contributed by atoms with Gasteiger partial charge >= 0.3 is 0 Å². The van der Waals surface area contributed by atoms with Crippen LogP contribution in [-0.2, 0) is 0 Å². The van der Waals surface area contributed by atoms with Crippen molar-refractivity contribution in [2.75, 3.05) is 0 Å². The van der Waals surface area contributed by atoms with E-state index in [1.807, 2.05) is 0 Å². The third kappa shape index (κ3) is 2.91. The zero-order valence-electron chi connectivity index (χ0n) is 8.34. The molecule has 1 aromatic rings. The van der Waals surface area contributed by atoms with E-state index in [0.29, 0.717) is 15.6 Å². The fraction of sp³-hybridized carbons (Fsp3) is 0.385. The monoisotopic (exact) mass is 238 g/mol. The Labute approximate surface area is 101 Å². The van der Waals surface area contributed by atoms with Gasteiger partial charge < -0.3 is 0 Å². The number of hydrogen-bond acceptors (Lipinski definition) is 0. The lowest BCUT2D eigenvalue weighted by molar-refractivity contribution is 0.468. The predicted octanol–water partition coefficient (Wildman–Crippen LogP) is 4.39. The molecule has 2 saturated carbocycles. The molecule has 0 N–H and O–H groups in total. The predicted molar refractivity (Wildman–Crippen MR) is 65.2 cm³/mol. The highest BCUT2D eigenvalue weighted by atomic mass is 35.5. The van der Waals surface area contributed by atoms with Gasteiger partial charge in [0, 0.05) is 15.6 Å². The molecule has 2 aliphatic carbocycles. The number of hydrogen-bond donors (Lipinski definition) is 0. The first kappa shape index (κ1) is 10.9. The summed E-state index contributed by atoms with van der Waals surface area (Å²) in [5.41, 5.74) is 0.706. The summed E-state index contributed by atoms with van der Waals surface area (Å²) < 4.78 is 0. The number of rotatable bonds is 0. The van der Waals surface area contributed by atoms with Crippen LogP contribution in [0.2, 0.25) is 10.0 Å². The van der Waals surface area contributed by atoms with Crippen molar-refractivity contribution < 1.29 is 0 Å². The third-order valence-electron chi connectivity index (χ3n) is 3.01. The molecule has 2 fully saturated rings. The molecule has 0 nitrogen and oxygen atoms in total. The van der Waals surface area contributed by atoms with Gasteiger partial charge in [-0.3, -0.25) is 0 Å². The summed E-state index contributed by atoms with van der Waals surface area (Å²) in [6.45, 7) is 0. The van der Waals surface area contributed by atoms with Crippen LogP contribution in [0.1, 0.15) is 24.8 Å². The minimum atomic E-state index is 0.570. The number of halogens is 2. The Hall–Kier alpha value is -0.640. The van der Waals surface area contributed by atoms with Crippen LogP contribution in [-0.4, -0.2) is 0 Å². The second-order valence-electron chi connectivity index (χ2n) is 4.14. The van der Waals surface area contributed by atoms with E-state index in [-0.39, 0.29) is 0 Å². The number of terminal acetylenes is 1. The minimum Gasteiger partial charge on any atom is -0.115 e. The average molecular weight is 239 g/mol. The first-order valence-corrected chi connectivity index (χ1v) is 5.87. The Morgan fingerprint density at radius 2 is 1.60 bits per heavy atom. The van der Waals surface area contributed by atoms with Crippen LogP contribution in [0.15, 0.2) is 18.2 Å². The van der Waals surface area contributed by atoms with Gasteiger partial charge in [-0.15, -0.1) is 6.42 Å². The minimum absolute atomic E-state index is 0.570. The van der Waals surface area contributed by atoms with E-state index < -0.39 is 0 Å². The highest BCUT2D eigenvalue weighted by Gasteiger charge is 2.44. The molecule has 0 heterocycles. The second-order valence-corrected chi connectivity index (χ2v) is 5.01. The largest absolute Gasteiger partial charge is 0.115 e. The summed E-state index contributed by atoms with van der Waals surface area (Å²) in [4.78, 5) is 0. The van der Waals surface area contributed by atoms with Gasteiger partial charge in [0.25, 0.3) is 0 Å². The van der Waals surface area contributed by atoms with Gasteiger partial charge in [0.15, 0.2) is 0 Å². The lowest BCUT2D eigenvalue weighted by Gasteiger charge is -2.04. The van der Waals surface area contributed by atoms with E-state index in [9.17, 15) is 0 Å². The molecule has 78 valence electrons. The van der Waals surface area contributed by atoms with E-state index in [1.54, 1.807) is 37.5 Å². The third-order valence-corrected chi connectivity index (χ3v) is 3.44. The Morgan fingerprint density at radius 3 is 1.87 bits per heavy atom. The molecule has 0 bridgehead atoms. The molecule has 2 atom stereocenters. The summed E-state index contributed by atoms with van der Waals surface area (Å²) in [5, 5.41) is 1.14. The van der Waals surface area contributed by atoms with Crippen molar-refractivity contribution in [1.82, 2.24) is 0 Å². The SMILES string of the molecule is C#Cc1cc(Cl)cc(Cl)c1.C1CC2CC12. The van der Waals surface area contributed by atoms with Crippen molar-refractivity contribution in [2.45, 2.75) is 19.3 Å². The molecule has 1 aromatic carbocycles. The summed E-state index contributed by atoms with van der Waals surface area (Å²) in [6.07, 6.45) is 9.82. The highest BCUT2D eigenvalue weighted by molar-refractivity contribution is 6.34. The van der Waals surface area contributed by atoms with Gasteiger partial charge in [0.2, 0.25) is 0 Å². The van der Waals surface area contributed by atoms with Crippen molar-refractivity contribution in [3.63, 3.8) is 0 Å². The molecule has 2 unspecified atom stereocenters. The first-order valence-electron chi connectivity index (χ1n) is 5.12. The Bertz CT molecular complexity index is 371. The lowest BCUT2D eigenvalue weighted by Crippen LogP contribution is -1.93. The van der Waals surface area contributed by atoms with Crippen molar-refractivity contribution in [3.05, 3.63) is 33.8 Å². The summed E-state index contributed by atoms with van der Waals surface area (Å²) in [7, 11) is 0. The van der Waals surface area contributed by atoms with Gasteiger partial charge in [-0.2, -0.15) is 0 Å². The van der Waals surface area contributed by atoms with Gasteiger partial charge in [0.05, 0.1) is 0 Å². The van der Waals surface area contributed by atoms with Crippen LogP contribution in [0.4, 0.5) is 0 Å². The highest BCUT2D eigenvalue weighted by Crippen LogP contribution is 2.55. The molecule has 15 heavy (non-hydrogen) atoms.